The number of hydrogen-bond acceptors (Lipinski definition) is 5. The Balaban J connectivity index is 2.20. The summed E-state index contributed by atoms with van der Waals surface area (Å²) in [5.41, 5.74) is 1.30. The zero-order valence-corrected chi connectivity index (χ0v) is 9.87. The fourth-order valence-electron chi connectivity index (χ4n) is 1.10. The summed E-state index contributed by atoms with van der Waals surface area (Å²) in [6.45, 7) is 0. The van der Waals surface area contributed by atoms with Crippen molar-refractivity contribution in [2.45, 2.75) is 0 Å². The number of anilines is 2. The van der Waals surface area contributed by atoms with Crippen LogP contribution >= 0.6 is 23.2 Å². The van der Waals surface area contributed by atoms with E-state index in [0.29, 0.717) is 5.56 Å². The minimum absolute atomic E-state index is 0.0528. The maximum Gasteiger partial charge on any atom is 0.248 e. The van der Waals surface area contributed by atoms with Gasteiger partial charge in [0.25, 0.3) is 0 Å². The maximum absolute atomic E-state index is 8.65. The van der Waals surface area contributed by atoms with E-state index in [1.807, 2.05) is 6.07 Å². The summed E-state index contributed by atoms with van der Waals surface area (Å²) in [6, 6.07) is 8.83. The van der Waals surface area contributed by atoms with Gasteiger partial charge in [-0.2, -0.15) is 10.2 Å². The molecule has 0 aliphatic carbocycles. The van der Waals surface area contributed by atoms with Crippen LogP contribution in [-0.2, 0) is 0 Å². The highest BCUT2D eigenvalue weighted by molar-refractivity contribution is 6.40. The first-order valence-corrected chi connectivity index (χ1v) is 5.27. The van der Waals surface area contributed by atoms with Crippen molar-refractivity contribution in [1.82, 2.24) is 15.2 Å². The third kappa shape index (κ3) is 2.81. The summed E-state index contributed by atoms with van der Waals surface area (Å²) < 4.78 is 0. The second kappa shape index (κ2) is 4.95. The summed E-state index contributed by atoms with van der Waals surface area (Å²) in [5, 5.41) is 19.0. The second-order valence-electron chi connectivity index (χ2n) is 3.03. The van der Waals surface area contributed by atoms with Gasteiger partial charge in [0.1, 0.15) is 0 Å². The molecule has 0 spiro atoms. The molecule has 2 rings (SSSR count). The number of aromatic nitrogens is 3. The Hall–Kier alpha value is -1.90. The lowest BCUT2D eigenvalue weighted by molar-refractivity contribution is 0.979. The smallest absolute Gasteiger partial charge is 0.248 e. The summed E-state index contributed by atoms with van der Waals surface area (Å²) in [5.74, 6) is 0.240. The van der Waals surface area contributed by atoms with Gasteiger partial charge in [-0.15, -0.1) is 10.2 Å². The molecular weight excluding hydrogens is 261 g/mol. The minimum Gasteiger partial charge on any atom is -0.323 e. The number of rotatable bonds is 2. The lowest BCUT2D eigenvalue weighted by Gasteiger charge is -2.04. The molecule has 0 fully saturated rings. The first kappa shape index (κ1) is 11.6. The molecule has 0 atom stereocenters. The first-order chi connectivity index (χ1) is 8.19. The maximum atomic E-state index is 8.65. The molecule has 0 aliphatic heterocycles. The first-order valence-electron chi connectivity index (χ1n) is 4.52. The van der Waals surface area contributed by atoms with Crippen molar-refractivity contribution < 1.29 is 0 Å². The van der Waals surface area contributed by atoms with Crippen molar-refractivity contribution in [1.29, 1.82) is 5.26 Å². The Morgan fingerprint density at radius 3 is 2.35 bits per heavy atom. The average Bonchev–Trinajstić information content (AvgIpc) is 2.35. The summed E-state index contributed by atoms with van der Waals surface area (Å²) in [6.07, 6.45) is 0. The molecule has 0 saturated carbocycles. The molecule has 17 heavy (non-hydrogen) atoms. The van der Waals surface area contributed by atoms with Crippen molar-refractivity contribution in [2.24, 2.45) is 0 Å². The average molecular weight is 266 g/mol. The van der Waals surface area contributed by atoms with E-state index in [1.165, 1.54) is 0 Å². The van der Waals surface area contributed by atoms with E-state index >= 15 is 0 Å². The van der Waals surface area contributed by atoms with E-state index in [0.717, 1.165) is 5.69 Å². The Morgan fingerprint density at radius 1 is 1.06 bits per heavy atom. The van der Waals surface area contributed by atoms with Crippen LogP contribution in [0, 0.1) is 11.3 Å². The molecule has 0 bridgehead atoms. The summed E-state index contributed by atoms with van der Waals surface area (Å²) in [4.78, 5) is 3.89. The van der Waals surface area contributed by atoms with E-state index in [9.17, 15) is 0 Å². The van der Waals surface area contributed by atoms with E-state index in [1.54, 1.807) is 24.3 Å². The van der Waals surface area contributed by atoms with Crippen LogP contribution in [-0.4, -0.2) is 15.2 Å². The monoisotopic (exact) mass is 265 g/mol. The van der Waals surface area contributed by atoms with Gasteiger partial charge in [-0.25, -0.2) is 0 Å². The molecule has 2 aromatic rings. The van der Waals surface area contributed by atoms with Gasteiger partial charge in [0.05, 0.1) is 11.6 Å². The van der Waals surface area contributed by atoms with Crippen molar-refractivity contribution in [2.75, 3.05) is 5.32 Å². The van der Waals surface area contributed by atoms with Crippen LogP contribution in [0.2, 0.25) is 10.3 Å². The van der Waals surface area contributed by atoms with E-state index in [4.69, 9.17) is 28.5 Å². The highest BCUT2D eigenvalue weighted by Gasteiger charge is 2.04. The summed E-state index contributed by atoms with van der Waals surface area (Å²) >= 11 is 11.3. The predicted molar refractivity (Wildman–Crippen MR) is 64.3 cm³/mol. The van der Waals surface area contributed by atoms with Gasteiger partial charge in [-0.05, 0) is 24.3 Å². The van der Waals surface area contributed by atoms with Crippen LogP contribution in [0.5, 0.6) is 0 Å². The highest BCUT2D eigenvalue weighted by Crippen LogP contribution is 2.18. The van der Waals surface area contributed by atoms with Crippen molar-refractivity contribution in [3.63, 3.8) is 0 Å². The van der Waals surface area contributed by atoms with Crippen LogP contribution in [0.25, 0.3) is 0 Å². The SMILES string of the molecule is N#Cc1ccc(Nc2nnc(Cl)c(Cl)n2)cc1. The minimum atomic E-state index is 0.0528. The van der Waals surface area contributed by atoms with Crippen molar-refractivity contribution in [3.8, 4) is 6.07 Å². The van der Waals surface area contributed by atoms with Crippen LogP contribution in [0.3, 0.4) is 0 Å². The molecule has 84 valence electrons. The van der Waals surface area contributed by atoms with E-state index in [2.05, 4.69) is 20.5 Å². The van der Waals surface area contributed by atoms with Crippen molar-refractivity contribution >= 4 is 34.8 Å². The Morgan fingerprint density at radius 2 is 1.76 bits per heavy atom. The Bertz CT molecular complexity index is 576. The van der Waals surface area contributed by atoms with Gasteiger partial charge < -0.3 is 5.32 Å². The number of halogens is 2. The molecule has 1 aromatic carbocycles. The molecule has 5 nitrogen and oxygen atoms in total. The molecule has 0 aliphatic rings. The Kier molecular flexibility index (Phi) is 3.38. The zero-order valence-electron chi connectivity index (χ0n) is 8.35. The lowest BCUT2D eigenvalue weighted by Crippen LogP contribution is -1.99. The zero-order chi connectivity index (χ0) is 12.3. The molecule has 7 heteroatoms. The number of nitrogens with zero attached hydrogens (tertiary/aromatic N) is 4. The molecule has 0 unspecified atom stereocenters. The van der Waals surface area contributed by atoms with Crippen LogP contribution in [0.1, 0.15) is 5.56 Å². The fraction of sp³-hybridized carbons (Fsp3) is 0. The molecule has 0 saturated heterocycles. The summed E-state index contributed by atoms with van der Waals surface area (Å²) in [7, 11) is 0. The third-order valence-electron chi connectivity index (χ3n) is 1.88. The van der Waals surface area contributed by atoms with Crippen LogP contribution < -0.4 is 5.32 Å². The van der Waals surface area contributed by atoms with Crippen molar-refractivity contribution in [3.05, 3.63) is 40.1 Å². The fourth-order valence-corrected chi connectivity index (χ4v) is 1.30. The predicted octanol–water partition coefficient (Wildman–Crippen LogP) is 2.79. The molecule has 1 heterocycles. The molecule has 1 N–H and O–H groups in total. The topological polar surface area (TPSA) is 74.5 Å². The van der Waals surface area contributed by atoms with Crippen LogP contribution in [0.15, 0.2) is 24.3 Å². The standard InChI is InChI=1S/C10H5Cl2N5/c11-8-9(12)16-17-10(15-8)14-7-3-1-6(5-13)2-4-7/h1-4H,(H,14,15,17). The Labute approximate surface area is 107 Å². The highest BCUT2D eigenvalue weighted by atomic mass is 35.5. The van der Waals surface area contributed by atoms with E-state index < -0.39 is 0 Å². The van der Waals surface area contributed by atoms with Gasteiger partial charge >= 0.3 is 0 Å². The number of nitrogens with one attached hydrogen (secondary N) is 1. The third-order valence-corrected chi connectivity index (χ3v) is 2.49. The second-order valence-corrected chi connectivity index (χ2v) is 3.75. The van der Waals surface area contributed by atoms with Gasteiger partial charge in [0.2, 0.25) is 5.95 Å². The molecule has 0 radical (unpaired) electrons. The normalized spacial score (nSPS) is 9.71. The number of hydrogen-bond donors (Lipinski definition) is 1. The largest absolute Gasteiger partial charge is 0.323 e. The lowest BCUT2D eigenvalue weighted by atomic mass is 10.2. The quantitative estimate of drug-likeness (QED) is 0.904. The van der Waals surface area contributed by atoms with E-state index in [-0.39, 0.29) is 16.3 Å². The number of benzene rings is 1. The molecular formula is C10H5Cl2N5. The van der Waals surface area contributed by atoms with Gasteiger partial charge in [0.15, 0.2) is 10.3 Å². The van der Waals surface area contributed by atoms with Gasteiger partial charge in [0, 0.05) is 5.69 Å². The van der Waals surface area contributed by atoms with Gasteiger partial charge in [-0.3, -0.25) is 0 Å². The van der Waals surface area contributed by atoms with Gasteiger partial charge in [-0.1, -0.05) is 23.2 Å². The molecule has 1 aromatic heterocycles. The van der Waals surface area contributed by atoms with Crippen LogP contribution in [0.4, 0.5) is 11.6 Å². The molecule has 0 amide bonds. The number of nitriles is 1.